The number of aliphatic hydroxyl groups excluding tert-OH is 1. The van der Waals surface area contributed by atoms with Gasteiger partial charge in [-0.3, -0.25) is 9.69 Å². The van der Waals surface area contributed by atoms with Crippen LogP contribution in [0.3, 0.4) is 0 Å². The Morgan fingerprint density at radius 3 is 2.87 bits per heavy atom. The largest absolute Gasteiger partial charge is 0.486 e. The van der Waals surface area contributed by atoms with Crippen molar-refractivity contribution >= 4 is 5.91 Å². The fraction of sp³-hybridized carbons (Fsp3) is 0.333. The maximum atomic E-state index is 12.1. The Bertz CT molecular complexity index is 1020. The number of benzene rings is 2. The van der Waals surface area contributed by atoms with Crippen LogP contribution in [0, 0.1) is 6.92 Å². The molecule has 1 atom stereocenters. The first-order valence-corrected chi connectivity index (χ1v) is 10.5. The van der Waals surface area contributed by atoms with Crippen molar-refractivity contribution in [3.05, 3.63) is 83.1 Å². The minimum atomic E-state index is -0.623. The van der Waals surface area contributed by atoms with E-state index >= 15 is 0 Å². The third-order valence-corrected chi connectivity index (χ3v) is 5.49. The van der Waals surface area contributed by atoms with Gasteiger partial charge in [0.25, 0.3) is 5.91 Å². The number of β-amino-alcohol motifs (C(OH)–C–C–N with tert-alkyl or cyclic N) is 1. The van der Waals surface area contributed by atoms with Crippen molar-refractivity contribution in [2.24, 2.45) is 0 Å². The molecule has 0 unspecified atom stereocenters. The molecule has 1 amide bonds. The van der Waals surface area contributed by atoms with Gasteiger partial charge in [0, 0.05) is 31.7 Å². The lowest BCUT2D eigenvalue weighted by molar-refractivity contribution is 0.0841. The van der Waals surface area contributed by atoms with Gasteiger partial charge >= 0.3 is 0 Å². The van der Waals surface area contributed by atoms with E-state index in [4.69, 9.17) is 9.15 Å². The third kappa shape index (κ3) is 5.51. The van der Waals surface area contributed by atoms with Crippen LogP contribution in [0.15, 0.2) is 59.3 Å². The second-order valence-electron chi connectivity index (χ2n) is 7.80. The minimum Gasteiger partial charge on any atom is -0.486 e. The Morgan fingerprint density at radius 2 is 2.10 bits per heavy atom. The molecule has 7 heteroatoms. The summed E-state index contributed by atoms with van der Waals surface area (Å²) in [6.45, 7) is 4.60. The topological polar surface area (TPSA) is 87.8 Å². The minimum absolute atomic E-state index is 0.170. The summed E-state index contributed by atoms with van der Waals surface area (Å²) in [5.41, 5.74) is 3.93. The van der Waals surface area contributed by atoms with E-state index in [1.165, 1.54) is 17.5 Å². The molecule has 1 aliphatic rings. The van der Waals surface area contributed by atoms with Crippen molar-refractivity contribution < 1.29 is 19.1 Å². The van der Waals surface area contributed by atoms with E-state index in [-0.39, 0.29) is 12.5 Å². The van der Waals surface area contributed by atoms with Gasteiger partial charge in [0.1, 0.15) is 12.4 Å². The van der Waals surface area contributed by atoms with Gasteiger partial charge in [-0.05, 0) is 48.7 Å². The lowest BCUT2D eigenvalue weighted by Gasteiger charge is -2.30. The van der Waals surface area contributed by atoms with Crippen molar-refractivity contribution in [1.82, 2.24) is 15.2 Å². The quantitative estimate of drug-likeness (QED) is 0.582. The second-order valence-corrected chi connectivity index (χ2v) is 7.80. The van der Waals surface area contributed by atoms with Crippen LogP contribution in [0.2, 0.25) is 0 Å². The number of hydrogen-bond donors (Lipinski definition) is 2. The highest BCUT2D eigenvalue weighted by molar-refractivity contribution is 5.94. The van der Waals surface area contributed by atoms with E-state index < -0.39 is 6.10 Å². The van der Waals surface area contributed by atoms with E-state index in [2.05, 4.69) is 27.3 Å². The smallest absolute Gasteiger partial charge is 0.251 e. The lowest BCUT2D eigenvalue weighted by atomic mass is 9.99. The number of aromatic nitrogens is 1. The molecule has 31 heavy (non-hydrogen) atoms. The maximum Gasteiger partial charge on any atom is 0.251 e. The molecule has 7 nitrogen and oxygen atoms in total. The van der Waals surface area contributed by atoms with Gasteiger partial charge in [0.2, 0.25) is 0 Å². The van der Waals surface area contributed by atoms with Gasteiger partial charge in [0.15, 0.2) is 12.2 Å². The number of aryl methyl sites for hydroxylation is 1. The van der Waals surface area contributed by atoms with Crippen LogP contribution in [-0.4, -0.2) is 46.6 Å². The first-order chi connectivity index (χ1) is 15.1. The van der Waals surface area contributed by atoms with Crippen molar-refractivity contribution in [3.8, 4) is 5.75 Å². The highest BCUT2D eigenvalue weighted by atomic mass is 16.5. The van der Waals surface area contributed by atoms with E-state index in [1.807, 2.05) is 31.2 Å². The van der Waals surface area contributed by atoms with Gasteiger partial charge in [-0.1, -0.05) is 24.3 Å². The molecule has 0 saturated carbocycles. The zero-order valence-electron chi connectivity index (χ0n) is 17.6. The van der Waals surface area contributed by atoms with Crippen molar-refractivity contribution in [2.75, 3.05) is 19.6 Å². The molecule has 0 radical (unpaired) electrons. The number of ether oxygens (including phenoxy) is 1. The number of fused-ring (bicyclic) bond motifs is 1. The SMILES string of the molecule is Cc1ncoc1COc1ccc2c(c1)CCN(C[C@@H](O)CNC(=O)c1ccccc1)C2. The monoisotopic (exact) mass is 421 g/mol. The molecule has 3 aromatic rings. The highest BCUT2D eigenvalue weighted by Gasteiger charge is 2.20. The van der Waals surface area contributed by atoms with Gasteiger partial charge < -0.3 is 19.6 Å². The van der Waals surface area contributed by atoms with Crippen LogP contribution < -0.4 is 10.1 Å². The Hall–Kier alpha value is -3.16. The third-order valence-electron chi connectivity index (χ3n) is 5.49. The molecule has 1 aliphatic heterocycles. The normalized spacial score (nSPS) is 14.6. The molecule has 0 saturated heterocycles. The zero-order valence-corrected chi connectivity index (χ0v) is 17.6. The Morgan fingerprint density at radius 1 is 1.26 bits per heavy atom. The Balaban J connectivity index is 1.25. The van der Waals surface area contributed by atoms with Gasteiger partial charge in [0.05, 0.1) is 11.8 Å². The average molecular weight is 421 g/mol. The number of amides is 1. The second kappa shape index (κ2) is 9.76. The number of rotatable bonds is 8. The standard InChI is InChI=1S/C24H27N3O4/c1-17-23(31-16-26-17)15-30-22-8-7-20-13-27(10-9-19(20)11-22)14-21(28)12-25-24(29)18-5-3-2-4-6-18/h2-8,11,16,21,28H,9-10,12-15H2,1H3,(H,25,29)/t21-/m0/s1. The average Bonchev–Trinajstić information content (AvgIpc) is 3.21. The molecule has 0 spiro atoms. The summed E-state index contributed by atoms with van der Waals surface area (Å²) in [5, 5.41) is 13.2. The van der Waals surface area contributed by atoms with Crippen molar-refractivity contribution in [3.63, 3.8) is 0 Å². The fourth-order valence-electron chi connectivity index (χ4n) is 3.71. The van der Waals surface area contributed by atoms with E-state index in [1.54, 1.807) is 12.1 Å². The molecular weight excluding hydrogens is 394 g/mol. The molecule has 2 heterocycles. The molecule has 1 aromatic heterocycles. The summed E-state index contributed by atoms with van der Waals surface area (Å²) >= 11 is 0. The summed E-state index contributed by atoms with van der Waals surface area (Å²) in [6, 6.07) is 15.1. The number of carbonyl (C=O) groups excluding carboxylic acids is 1. The molecule has 162 valence electrons. The predicted octanol–water partition coefficient (Wildman–Crippen LogP) is 2.71. The number of nitrogens with zero attached hydrogens (tertiary/aromatic N) is 2. The predicted molar refractivity (Wildman–Crippen MR) is 116 cm³/mol. The maximum absolute atomic E-state index is 12.1. The molecular formula is C24H27N3O4. The Kier molecular flexibility index (Phi) is 6.64. The van der Waals surface area contributed by atoms with Crippen LogP contribution in [0.4, 0.5) is 0 Å². The van der Waals surface area contributed by atoms with Crippen LogP contribution in [0.25, 0.3) is 0 Å². The van der Waals surface area contributed by atoms with E-state index in [9.17, 15) is 9.90 Å². The van der Waals surface area contributed by atoms with Crippen molar-refractivity contribution in [2.45, 2.75) is 32.6 Å². The molecule has 4 rings (SSSR count). The zero-order chi connectivity index (χ0) is 21.6. The summed E-state index contributed by atoms with van der Waals surface area (Å²) in [4.78, 5) is 18.4. The number of carbonyl (C=O) groups is 1. The first-order valence-electron chi connectivity index (χ1n) is 10.5. The lowest BCUT2D eigenvalue weighted by Crippen LogP contribution is -2.42. The molecule has 2 aromatic carbocycles. The van der Waals surface area contributed by atoms with Crippen molar-refractivity contribution in [1.29, 1.82) is 0 Å². The molecule has 0 fully saturated rings. The van der Waals surface area contributed by atoms with Gasteiger partial charge in [-0.15, -0.1) is 0 Å². The first kappa shape index (κ1) is 21.1. The number of aliphatic hydroxyl groups is 1. The van der Waals surface area contributed by atoms with Gasteiger partial charge in [-0.25, -0.2) is 4.98 Å². The Labute approximate surface area is 181 Å². The summed E-state index contributed by atoms with van der Waals surface area (Å²) in [5.74, 6) is 1.38. The number of nitrogens with one attached hydrogen (secondary N) is 1. The molecule has 0 aliphatic carbocycles. The summed E-state index contributed by atoms with van der Waals surface area (Å²) in [7, 11) is 0. The van der Waals surface area contributed by atoms with Gasteiger partial charge in [-0.2, -0.15) is 0 Å². The fourth-order valence-corrected chi connectivity index (χ4v) is 3.71. The highest BCUT2D eigenvalue weighted by Crippen LogP contribution is 2.25. The summed E-state index contributed by atoms with van der Waals surface area (Å²) < 4.78 is 11.2. The van der Waals surface area contributed by atoms with E-state index in [0.717, 1.165) is 36.7 Å². The van der Waals surface area contributed by atoms with Crippen LogP contribution in [0.1, 0.15) is 32.9 Å². The summed E-state index contributed by atoms with van der Waals surface area (Å²) in [6.07, 6.45) is 1.69. The van der Waals surface area contributed by atoms with Crippen LogP contribution >= 0.6 is 0 Å². The number of oxazole rings is 1. The van der Waals surface area contributed by atoms with Crippen LogP contribution in [0.5, 0.6) is 5.75 Å². The van der Waals surface area contributed by atoms with Crippen LogP contribution in [-0.2, 0) is 19.6 Å². The molecule has 2 N–H and O–H groups in total. The number of hydrogen-bond acceptors (Lipinski definition) is 6. The van der Waals surface area contributed by atoms with E-state index in [0.29, 0.717) is 18.7 Å². The molecule has 0 bridgehead atoms.